The standard InChI is InChI=1S/C23H30N2O2/c1-18-7-2-3-11-22(18)20-9-4-10-21(15-20)23(27)24-12-6-14-25-13-5-8-19(16-25)17-26/h2-4,7,9-11,15,19,26H,5-6,8,12-14,16-17H2,1H3,(H,24,27). The maximum Gasteiger partial charge on any atom is 0.251 e. The Kier molecular flexibility index (Phi) is 7.02. The van der Waals surface area contributed by atoms with Gasteiger partial charge in [-0.05, 0) is 74.0 Å². The van der Waals surface area contributed by atoms with Gasteiger partial charge in [0.15, 0.2) is 0 Å². The van der Waals surface area contributed by atoms with Gasteiger partial charge in [-0.1, -0.05) is 36.4 Å². The Bertz CT molecular complexity index is 760. The zero-order valence-corrected chi connectivity index (χ0v) is 16.2. The van der Waals surface area contributed by atoms with Crippen molar-refractivity contribution in [2.45, 2.75) is 26.2 Å². The molecule has 27 heavy (non-hydrogen) atoms. The maximum atomic E-state index is 12.5. The SMILES string of the molecule is Cc1ccccc1-c1cccc(C(=O)NCCCN2CCCC(CO)C2)c1. The molecule has 1 atom stereocenters. The maximum absolute atomic E-state index is 12.5. The van der Waals surface area contributed by atoms with E-state index in [0.29, 0.717) is 18.0 Å². The molecule has 0 aliphatic carbocycles. The van der Waals surface area contributed by atoms with Gasteiger partial charge in [0.2, 0.25) is 0 Å². The molecule has 144 valence electrons. The summed E-state index contributed by atoms with van der Waals surface area (Å²) in [5, 5.41) is 12.4. The monoisotopic (exact) mass is 366 g/mol. The highest BCUT2D eigenvalue weighted by Crippen LogP contribution is 2.23. The van der Waals surface area contributed by atoms with Crippen molar-refractivity contribution in [2.75, 3.05) is 32.8 Å². The van der Waals surface area contributed by atoms with Crippen LogP contribution in [0, 0.1) is 12.8 Å². The largest absolute Gasteiger partial charge is 0.396 e. The van der Waals surface area contributed by atoms with Gasteiger partial charge in [0, 0.05) is 25.3 Å². The van der Waals surface area contributed by atoms with E-state index in [1.54, 1.807) is 0 Å². The van der Waals surface area contributed by atoms with Crippen LogP contribution in [0.1, 0.15) is 35.2 Å². The highest BCUT2D eigenvalue weighted by Gasteiger charge is 2.18. The van der Waals surface area contributed by atoms with E-state index in [-0.39, 0.29) is 12.5 Å². The van der Waals surface area contributed by atoms with E-state index in [0.717, 1.165) is 50.0 Å². The predicted octanol–water partition coefficient (Wildman–Crippen LogP) is 3.49. The van der Waals surface area contributed by atoms with Gasteiger partial charge in [-0.3, -0.25) is 4.79 Å². The Labute approximate surface area is 162 Å². The second-order valence-electron chi connectivity index (χ2n) is 7.50. The molecule has 1 fully saturated rings. The first kappa shape index (κ1) is 19.6. The van der Waals surface area contributed by atoms with E-state index in [1.807, 2.05) is 36.4 Å². The van der Waals surface area contributed by atoms with Gasteiger partial charge in [0.25, 0.3) is 5.91 Å². The first-order valence-electron chi connectivity index (χ1n) is 9.95. The molecule has 1 heterocycles. The summed E-state index contributed by atoms with van der Waals surface area (Å²) >= 11 is 0. The number of likely N-dealkylation sites (tertiary alicyclic amines) is 1. The van der Waals surface area contributed by atoms with E-state index < -0.39 is 0 Å². The lowest BCUT2D eigenvalue weighted by atomic mass is 9.99. The fraction of sp³-hybridized carbons (Fsp3) is 0.435. The summed E-state index contributed by atoms with van der Waals surface area (Å²) in [5.41, 5.74) is 4.15. The molecule has 1 aliphatic rings. The van der Waals surface area contributed by atoms with Crippen molar-refractivity contribution < 1.29 is 9.90 Å². The number of amides is 1. The molecule has 2 aromatic rings. The molecule has 0 radical (unpaired) electrons. The fourth-order valence-electron chi connectivity index (χ4n) is 3.83. The van der Waals surface area contributed by atoms with Gasteiger partial charge < -0.3 is 15.3 Å². The van der Waals surface area contributed by atoms with Crippen LogP contribution in [0.2, 0.25) is 0 Å². The summed E-state index contributed by atoms with van der Waals surface area (Å²) in [6.45, 7) is 6.09. The quantitative estimate of drug-likeness (QED) is 0.738. The van der Waals surface area contributed by atoms with Gasteiger partial charge in [0.1, 0.15) is 0 Å². The molecule has 4 heteroatoms. The zero-order chi connectivity index (χ0) is 19.1. The summed E-state index contributed by atoms with van der Waals surface area (Å²) in [6.07, 6.45) is 3.21. The molecule has 0 aromatic heterocycles. The second kappa shape index (κ2) is 9.67. The number of aliphatic hydroxyl groups is 1. The summed E-state index contributed by atoms with van der Waals surface area (Å²) < 4.78 is 0. The molecule has 1 amide bonds. The van der Waals surface area contributed by atoms with Crippen molar-refractivity contribution in [1.82, 2.24) is 10.2 Å². The first-order chi connectivity index (χ1) is 13.2. The Morgan fingerprint density at radius 2 is 2.07 bits per heavy atom. The average Bonchev–Trinajstić information content (AvgIpc) is 2.71. The van der Waals surface area contributed by atoms with Crippen molar-refractivity contribution >= 4 is 5.91 Å². The lowest BCUT2D eigenvalue weighted by Gasteiger charge is -2.31. The van der Waals surface area contributed by atoms with Gasteiger partial charge in [0.05, 0.1) is 0 Å². The van der Waals surface area contributed by atoms with Crippen molar-refractivity contribution in [1.29, 1.82) is 0 Å². The third-order valence-corrected chi connectivity index (χ3v) is 5.38. The fourth-order valence-corrected chi connectivity index (χ4v) is 3.83. The normalized spacial score (nSPS) is 17.6. The lowest BCUT2D eigenvalue weighted by Crippen LogP contribution is -2.38. The van der Waals surface area contributed by atoms with Crippen LogP contribution in [0.3, 0.4) is 0 Å². The average molecular weight is 367 g/mol. The van der Waals surface area contributed by atoms with E-state index in [9.17, 15) is 9.90 Å². The molecule has 2 N–H and O–H groups in total. The molecule has 2 aromatic carbocycles. The third kappa shape index (κ3) is 5.41. The van der Waals surface area contributed by atoms with Gasteiger partial charge >= 0.3 is 0 Å². The summed E-state index contributed by atoms with van der Waals surface area (Å²) in [7, 11) is 0. The van der Waals surface area contributed by atoms with Gasteiger partial charge in [-0.15, -0.1) is 0 Å². The second-order valence-corrected chi connectivity index (χ2v) is 7.50. The van der Waals surface area contributed by atoms with Crippen LogP contribution in [0.25, 0.3) is 11.1 Å². The number of piperidine rings is 1. The number of nitrogens with zero attached hydrogens (tertiary/aromatic N) is 1. The molecule has 3 rings (SSSR count). The van der Waals surface area contributed by atoms with Crippen LogP contribution >= 0.6 is 0 Å². The molecule has 1 aliphatic heterocycles. The number of carbonyl (C=O) groups excluding carboxylic acids is 1. The number of nitrogens with one attached hydrogen (secondary N) is 1. The molecular formula is C23H30N2O2. The highest BCUT2D eigenvalue weighted by atomic mass is 16.3. The predicted molar refractivity (Wildman–Crippen MR) is 110 cm³/mol. The molecular weight excluding hydrogens is 336 g/mol. The minimum absolute atomic E-state index is 0.0164. The van der Waals surface area contributed by atoms with Crippen molar-refractivity contribution in [2.24, 2.45) is 5.92 Å². The number of benzene rings is 2. The summed E-state index contributed by atoms with van der Waals surface area (Å²) in [6, 6.07) is 16.1. The van der Waals surface area contributed by atoms with Crippen LogP contribution in [0.4, 0.5) is 0 Å². The van der Waals surface area contributed by atoms with Crippen LogP contribution < -0.4 is 5.32 Å². The van der Waals surface area contributed by atoms with Crippen LogP contribution in [0.15, 0.2) is 48.5 Å². The highest BCUT2D eigenvalue weighted by molar-refractivity contribution is 5.95. The Balaban J connectivity index is 1.50. The number of aryl methyl sites for hydroxylation is 1. The Morgan fingerprint density at radius 3 is 2.89 bits per heavy atom. The van der Waals surface area contributed by atoms with Gasteiger partial charge in [-0.2, -0.15) is 0 Å². The van der Waals surface area contributed by atoms with E-state index in [2.05, 4.69) is 29.3 Å². The number of hydrogen-bond donors (Lipinski definition) is 2. The lowest BCUT2D eigenvalue weighted by molar-refractivity contribution is 0.0946. The molecule has 1 unspecified atom stereocenters. The van der Waals surface area contributed by atoms with Crippen molar-refractivity contribution in [3.63, 3.8) is 0 Å². The number of aliphatic hydroxyl groups excluding tert-OH is 1. The third-order valence-electron chi connectivity index (χ3n) is 5.38. The molecule has 0 spiro atoms. The number of carbonyl (C=O) groups is 1. The Hall–Kier alpha value is -2.17. The summed E-state index contributed by atoms with van der Waals surface area (Å²) in [5.74, 6) is 0.398. The minimum atomic E-state index is -0.0164. The van der Waals surface area contributed by atoms with Crippen molar-refractivity contribution in [3.05, 3.63) is 59.7 Å². The van der Waals surface area contributed by atoms with Crippen LogP contribution in [-0.4, -0.2) is 48.7 Å². The van der Waals surface area contributed by atoms with E-state index >= 15 is 0 Å². The van der Waals surface area contributed by atoms with Crippen LogP contribution in [0.5, 0.6) is 0 Å². The smallest absolute Gasteiger partial charge is 0.251 e. The molecule has 0 saturated carbocycles. The molecule has 1 saturated heterocycles. The van der Waals surface area contributed by atoms with E-state index in [4.69, 9.17) is 0 Å². The number of hydrogen-bond acceptors (Lipinski definition) is 3. The zero-order valence-electron chi connectivity index (χ0n) is 16.2. The molecule has 0 bridgehead atoms. The topological polar surface area (TPSA) is 52.6 Å². The van der Waals surface area contributed by atoms with Gasteiger partial charge in [-0.25, -0.2) is 0 Å². The van der Waals surface area contributed by atoms with Crippen molar-refractivity contribution in [3.8, 4) is 11.1 Å². The minimum Gasteiger partial charge on any atom is -0.396 e. The molecule has 4 nitrogen and oxygen atoms in total. The Morgan fingerprint density at radius 1 is 1.22 bits per heavy atom. The summed E-state index contributed by atoms with van der Waals surface area (Å²) in [4.78, 5) is 14.9. The van der Waals surface area contributed by atoms with E-state index in [1.165, 1.54) is 5.56 Å². The first-order valence-corrected chi connectivity index (χ1v) is 9.95. The number of rotatable bonds is 7. The van der Waals surface area contributed by atoms with Crippen LogP contribution in [-0.2, 0) is 0 Å².